The second kappa shape index (κ2) is 73.5. The van der Waals surface area contributed by atoms with E-state index in [-0.39, 0.29) is 7.43 Å². The fraction of sp³-hybridized carbons (Fsp3) is 0. The van der Waals surface area contributed by atoms with E-state index < -0.39 is 60.9 Å². The first-order chi connectivity index (χ1) is 5.66. The molecule has 0 heterocycles. The normalized spacial score (nSPS) is 5.23. The van der Waals surface area contributed by atoms with E-state index >= 15 is 0 Å². The molecule has 0 spiro atoms. The third kappa shape index (κ3) is 1300. The van der Waals surface area contributed by atoms with Crippen molar-refractivity contribution in [1.82, 2.24) is 0 Å². The van der Waals surface area contributed by atoms with Crippen LogP contribution in [0.5, 0.6) is 0 Å². The summed E-state index contributed by atoms with van der Waals surface area (Å²) in [5.74, 6) is 0. The summed E-state index contributed by atoms with van der Waals surface area (Å²) in [4.78, 5) is 0. The van der Waals surface area contributed by atoms with Gasteiger partial charge in [-0.05, 0) is 0 Å². The third-order valence-corrected chi connectivity index (χ3v) is 0. The van der Waals surface area contributed by atoms with Crippen molar-refractivity contribution in [3.63, 3.8) is 0 Å². The van der Waals surface area contributed by atoms with Gasteiger partial charge in [-0.3, -0.25) is 0 Å². The van der Waals surface area contributed by atoms with Gasteiger partial charge in [0.2, 0.25) is 0 Å². The van der Waals surface area contributed by atoms with Gasteiger partial charge in [0.25, 0.3) is 0 Å². The summed E-state index contributed by atoms with van der Waals surface area (Å²) < 4.78 is 67.0. The summed E-state index contributed by atoms with van der Waals surface area (Å²) in [5.41, 5.74) is 0. The maximum atomic E-state index is 8.38. The number of hydrogen-bond acceptors (Lipinski definition) is 8. The molecule has 0 radical (unpaired) electrons. The Morgan fingerprint density at radius 3 is 0.538 bits per heavy atom. The maximum absolute atomic E-state index is 8.38. The van der Waals surface area contributed by atoms with Crippen LogP contribution in [-0.2, 0) is 76.2 Å². The topological polar surface area (TPSA) is 161 Å². The molecule has 0 aliphatic rings. The standard InChI is InChI=1S/C.4Fe.8O/q+4;;;;;;;;;4*-1. The second-order valence-corrected chi connectivity index (χ2v) is 0.972. The van der Waals surface area contributed by atoms with Crippen LogP contribution in [0.1, 0.15) is 0 Å². The molecule has 0 aliphatic heterocycles. The third-order valence-electron chi connectivity index (χ3n) is 0. The molecule has 0 saturated carbocycles. The summed E-state index contributed by atoms with van der Waals surface area (Å²) in [6.45, 7) is 0. The van der Waals surface area contributed by atoms with Crippen molar-refractivity contribution >= 4 is 0 Å². The first kappa shape index (κ1) is 29.2. The van der Waals surface area contributed by atoms with E-state index in [1.54, 1.807) is 0 Å². The molecule has 0 unspecified atom stereocenters. The minimum atomic E-state index is -1.25. The Morgan fingerprint density at radius 2 is 0.538 bits per heavy atom. The summed E-state index contributed by atoms with van der Waals surface area (Å²) in [5, 5.41) is 0. The molecule has 8 nitrogen and oxygen atoms in total. The zero-order chi connectivity index (χ0) is 10.8. The Morgan fingerprint density at radius 1 is 0.538 bits per heavy atom. The van der Waals surface area contributed by atoms with Crippen molar-refractivity contribution in [1.29, 1.82) is 0 Å². The van der Waals surface area contributed by atoms with E-state index in [1.807, 2.05) is 0 Å². The predicted octanol–water partition coefficient (Wildman–Crippen LogP) is -5.16. The van der Waals surface area contributed by atoms with Crippen LogP contribution in [0.3, 0.4) is 0 Å². The molecule has 0 N–H and O–H groups in total. The molecule has 13 heavy (non-hydrogen) atoms. The summed E-state index contributed by atoms with van der Waals surface area (Å²) >= 11 is -5.00. The molecule has 0 aliphatic carbocycles. The molecule has 0 saturated heterocycles. The Labute approximate surface area is 99.9 Å². The zero-order valence-electron chi connectivity index (χ0n) is 5.18. The monoisotopic (exact) mass is 364 g/mol. The molecule has 84 valence electrons. The van der Waals surface area contributed by atoms with Gasteiger partial charge in [-0.1, -0.05) is 0 Å². The quantitative estimate of drug-likeness (QED) is 0.386. The molecule has 0 rings (SSSR count). The SMILES string of the molecule is [C+4].[O]=[Fe][O-].[O]=[Fe][O-].[O]=[Fe][O-].[O]=[Fe][O-]. The van der Waals surface area contributed by atoms with Crippen LogP contribution in [-0.4, -0.2) is 0 Å². The van der Waals surface area contributed by atoms with Crippen LogP contribution >= 0.6 is 0 Å². The van der Waals surface area contributed by atoms with E-state index in [1.165, 1.54) is 0 Å². The van der Waals surface area contributed by atoms with Crippen LogP contribution in [0, 0.1) is 7.43 Å². The first-order valence-corrected chi connectivity index (χ1v) is 4.76. The Balaban J connectivity index is -0.0000000213. The number of hydrogen-bond donors (Lipinski definition) is 0. The van der Waals surface area contributed by atoms with Crippen molar-refractivity contribution in [2.45, 2.75) is 0 Å². The van der Waals surface area contributed by atoms with Crippen molar-refractivity contribution in [2.24, 2.45) is 0 Å². The molecule has 0 amide bonds. The van der Waals surface area contributed by atoms with Crippen LogP contribution < -0.4 is 16.8 Å². The fourth-order valence-corrected chi connectivity index (χ4v) is 0. The van der Waals surface area contributed by atoms with Gasteiger partial charge in [0.15, 0.2) is 0 Å². The van der Waals surface area contributed by atoms with Crippen molar-refractivity contribution in [3.8, 4) is 0 Å². The van der Waals surface area contributed by atoms with Gasteiger partial charge in [0.1, 0.15) is 0 Å². The molecule has 0 atom stereocenters. The van der Waals surface area contributed by atoms with E-state index in [0.29, 0.717) is 0 Å². The summed E-state index contributed by atoms with van der Waals surface area (Å²) in [6.07, 6.45) is 0. The van der Waals surface area contributed by atoms with Gasteiger partial charge in [-0.15, -0.1) is 0 Å². The molecular weight excluding hydrogens is 363 g/mol. The van der Waals surface area contributed by atoms with Crippen molar-refractivity contribution < 1.29 is 93.0 Å². The molecular formula is CFe4O8. The summed E-state index contributed by atoms with van der Waals surface area (Å²) in [7, 11) is 0. The van der Waals surface area contributed by atoms with Crippen LogP contribution in [0.4, 0.5) is 0 Å². The average Bonchev–Trinajstić information content (AvgIpc) is 1.92. The van der Waals surface area contributed by atoms with Gasteiger partial charge >= 0.3 is 100 Å². The molecule has 12 heteroatoms. The molecule has 0 aromatic heterocycles. The first-order valence-electron chi connectivity index (χ1n) is 1.15. The van der Waals surface area contributed by atoms with Crippen molar-refractivity contribution in [2.75, 3.05) is 0 Å². The fourth-order valence-electron chi connectivity index (χ4n) is 0. The van der Waals surface area contributed by atoms with Gasteiger partial charge in [-0.2, -0.15) is 0 Å². The number of rotatable bonds is 0. The van der Waals surface area contributed by atoms with E-state index in [2.05, 4.69) is 0 Å². The van der Waals surface area contributed by atoms with Gasteiger partial charge in [0, 0.05) is 0 Å². The van der Waals surface area contributed by atoms with Gasteiger partial charge in [-0.25, -0.2) is 0 Å². The Hall–Kier alpha value is 1.12. The van der Waals surface area contributed by atoms with Crippen LogP contribution in [0.25, 0.3) is 0 Å². The predicted molar refractivity (Wildman–Crippen MR) is 5.99 cm³/mol. The molecule has 0 bridgehead atoms. The Kier molecular flexibility index (Phi) is 165. The van der Waals surface area contributed by atoms with E-state index in [0.717, 1.165) is 0 Å². The average molecular weight is 363 g/mol. The molecule has 0 aromatic carbocycles. The van der Waals surface area contributed by atoms with Crippen LogP contribution in [0.15, 0.2) is 0 Å². The van der Waals surface area contributed by atoms with E-state index in [4.69, 9.17) is 32.1 Å². The van der Waals surface area contributed by atoms with Gasteiger partial charge in [0.05, 0.1) is 0 Å². The van der Waals surface area contributed by atoms with Gasteiger partial charge < -0.3 is 0 Å². The Bertz CT molecular complexity index is 70.1. The summed E-state index contributed by atoms with van der Waals surface area (Å²) in [6, 6.07) is 0. The molecule has 0 fully saturated rings. The second-order valence-electron chi connectivity index (χ2n) is 0.236. The molecule has 0 aromatic rings. The van der Waals surface area contributed by atoms with E-state index in [9.17, 15) is 0 Å². The zero-order valence-corrected chi connectivity index (χ0v) is 9.60. The minimum absolute atomic E-state index is 0. The van der Waals surface area contributed by atoms with Crippen LogP contribution in [0.2, 0.25) is 0 Å². The van der Waals surface area contributed by atoms with Crippen molar-refractivity contribution in [3.05, 3.63) is 7.43 Å².